The molecule has 0 radical (unpaired) electrons. The minimum atomic E-state index is -0.0285. The maximum Gasteiger partial charge on any atom is 0.306 e. The van der Waals surface area contributed by atoms with Crippen LogP contribution in [0.15, 0.2) is 12.2 Å². The number of halogens is 1. The molecule has 0 bridgehead atoms. The predicted octanol–water partition coefficient (Wildman–Crippen LogP) is 1.54. The van der Waals surface area contributed by atoms with E-state index in [2.05, 4.69) is 28.7 Å². The Balaban J connectivity index is 2.13. The van der Waals surface area contributed by atoms with Crippen molar-refractivity contribution in [3.63, 3.8) is 0 Å². The molecule has 0 spiro atoms. The summed E-state index contributed by atoms with van der Waals surface area (Å²) in [5, 5.41) is 0. The van der Waals surface area contributed by atoms with Crippen molar-refractivity contribution >= 4 is 28.6 Å². The number of carbonyl (C=O) groups is 1. The van der Waals surface area contributed by atoms with Crippen LogP contribution in [0.2, 0.25) is 0 Å². The topological polar surface area (TPSA) is 26.3 Å². The molecule has 0 aromatic heterocycles. The minimum Gasteiger partial charge on any atom is -0.458 e. The molecule has 2 nitrogen and oxygen atoms in total. The van der Waals surface area contributed by atoms with Gasteiger partial charge in [0.2, 0.25) is 0 Å². The van der Waals surface area contributed by atoms with Crippen molar-refractivity contribution in [3.05, 3.63) is 12.2 Å². The lowest BCUT2D eigenvalue weighted by atomic mass is 9.94. The first-order valence-electron chi connectivity index (χ1n) is 3.75. The molecule has 60 valence electrons. The van der Waals surface area contributed by atoms with Gasteiger partial charge in [0, 0.05) is 10.3 Å². The van der Waals surface area contributed by atoms with Crippen molar-refractivity contribution in [2.75, 3.05) is 4.43 Å². The van der Waals surface area contributed by atoms with Crippen LogP contribution in [0.1, 0.15) is 6.42 Å². The third-order valence-electron chi connectivity index (χ3n) is 2.37. The summed E-state index contributed by atoms with van der Waals surface area (Å²) in [5.74, 6) is 0.977. The number of hydrogen-bond donors (Lipinski definition) is 0. The van der Waals surface area contributed by atoms with Gasteiger partial charge in [-0.2, -0.15) is 0 Å². The molecule has 3 heteroatoms. The highest BCUT2D eigenvalue weighted by molar-refractivity contribution is 14.1. The number of carbonyl (C=O) groups excluding carboxylic acids is 1. The van der Waals surface area contributed by atoms with Crippen LogP contribution < -0.4 is 0 Å². The first-order chi connectivity index (χ1) is 5.31. The van der Waals surface area contributed by atoms with E-state index in [0.29, 0.717) is 18.3 Å². The van der Waals surface area contributed by atoms with E-state index in [1.165, 1.54) is 0 Å². The normalized spacial score (nSPS) is 40.8. The van der Waals surface area contributed by atoms with Gasteiger partial charge < -0.3 is 4.74 Å². The molecule has 1 fully saturated rings. The molecule has 0 amide bonds. The van der Waals surface area contributed by atoms with E-state index in [1.807, 2.05) is 6.08 Å². The molecular formula is C8H9IO2. The van der Waals surface area contributed by atoms with Crippen LogP contribution >= 0.6 is 22.6 Å². The Labute approximate surface area is 79.1 Å². The smallest absolute Gasteiger partial charge is 0.306 e. The van der Waals surface area contributed by atoms with E-state index in [-0.39, 0.29) is 12.1 Å². The molecule has 0 saturated carbocycles. The number of fused-ring (bicyclic) bond motifs is 1. The highest BCUT2D eigenvalue weighted by atomic mass is 127. The van der Waals surface area contributed by atoms with Gasteiger partial charge in [-0.3, -0.25) is 4.79 Å². The molecule has 0 aromatic rings. The van der Waals surface area contributed by atoms with E-state index < -0.39 is 0 Å². The van der Waals surface area contributed by atoms with Crippen molar-refractivity contribution in [3.8, 4) is 0 Å². The van der Waals surface area contributed by atoms with Crippen LogP contribution in [0.25, 0.3) is 0 Å². The zero-order valence-corrected chi connectivity index (χ0v) is 8.15. The maximum atomic E-state index is 10.9. The van der Waals surface area contributed by atoms with Gasteiger partial charge in [-0.25, -0.2) is 0 Å². The fraction of sp³-hybridized carbons (Fsp3) is 0.625. The van der Waals surface area contributed by atoms with Gasteiger partial charge in [0.15, 0.2) is 0 Å². The lowest BCUT2D eigenvalue weighted by Gasteiger charge is -2.11. The number of ether oxygens (including phenoxy) is 1. The van der Waals surface area contributed by atoms with Crippen LogP contribution in [0.4, 0.5) is 0 Å². The Morgan fingerprint density at radius 1 is 1.64 bits per heavy atom. The second-order valence-electron chi connectivity index (χ2n) is 3.03. The summed E-state index contributed by atoms with van der Waals surface area (Å²) in [6, 6.07) is 0. The van der Waals surface area contributed by atoms with Gasteiger partial charge in [0.05, 0.1) is 6.42 Å². The molecule has 0 aromatic carbocycles. The molecule has 1 saturated heterocycles. The summed E-state index contributed by atoms with van der Waals surface area (Å²) in [6.45, 7) is 0. The summed E-state index contributed by atoms with van der Waals surface area (Å²) in [5.41, 5.74) is 0. The number of rotatable bonds is 1. The summed E-state index contributed by atoms with van der Waals surface area (Å²) < 4.78 is 6.18. The van der Waals surface area contributed by atoms with Gasteiger partial charge in [-0.15, -0.1) is 0 Å². The zero-order valence-electron chi connectivity index (χ0n) is 6.00. The summed E-state index contributed by atoms with van der Waals surface area (Å²) >= 11 is 2.35. The molecule has 0 unspecified atom stereocenters. The minimum absolute atomic E-state index is 0.0285. The fourth-order valence-corrected chi connectivity index (χ4v) is 2.68. The second-order valence-corrected chi connectivity index (χ2v) is 3.91. The van der Waals surface area contributed by atoms with Gasteiger partial charge in [-0.1, -0.05) is 28.7 Å². The summed E-state index contributed by atoms with van der Waals surface area (Å²) in [4.78, 5) is 10.9. The summed E-state index contributed by atoms with van der Waals surface area (Å²) in [6.07, 6.45) is 4.92. The average molecular weight is 264 g/mol. The van der Waals surface area contributed by atoms with Gasteiger partial charge in [0.1, 0.15) is 6.10 Å². The van der Waals surface area contributed by atoms with Crippen LogP contribution in [0.3, 0.4) is 0 Å². The maximum absolute atomic E-state index is 10.9. The van der Waals surface area contributed by atoms with E-state index in [1.54, 1.807) is 0 Å². The Morgan fingerprint density at radius 3 is 3.18 bits per heavy atom. The van der Waals surface area contributed by atoms with Gasteiger partial charge in [-0.05, 0) is 12.0 Å². The third kappa shape index (κ3) is 1.19. The SMILES string of the molecule is O=C1C[C@H]2[C@H](C=C[C@H]2CI)O1. The van der Waals surface area contributed by atoms with Crippen molar-refractivity contribution in [1.82, 2.24) is 0 Å². The molecule has 0 N–H and O–H groups in total. The van der Waals surface area contributed by atoms with Crippen LogP contribution in [-0.2, 0) is 9.53 Å². The van der Waals surface area contributed by atoms with E-state index in [9.17, 15) is 4.79 Å². The largest absolute Gasteiger partial charge is 0.458 e. The average Bonchev–Trinajstić information content (AvgIpc) is 2.45. The lowest BCUT2D eigenvalue weighted by molar-refractivity contribution is -0.140. The van der Waals surface area contributed by atoms with Crippen molar-refractivity contribution in [1.29, 1.82) is 0 Å². The lowest BCUT2D eigenvalue weighted by Crippen LogP contribution is -2.15. The first kappa shape index (κ1) is 7.58. The van der Waals surface area contributed by atoms with E-state index in [0.717, 1.165) is 4.43 Å². The fourth-order valence-electron chi connectivity index (χ4n) is 1.73. The predicted molar refractivity (Wildman–Crippen MR) is 49.5 cm³/mol. The second kappa shape index (κ2) is 2.77. The van der Waals surface area contributed by atoms with E-state index in [4.69, 9.17) is 4.74 Å². The third-order valence-corrected chi connectivity index (χ3v) is 3.39. The molecule has 1 heterocycles. The molecule has 1 aliphatic carbocycles. The van der Waals surface area contributed by atoms with Crippen LogP contribution in [0, 0.1) is 11.8 Å². The standard InChI is InChI=1S/C8H9IO2/c9-4-5-1-2-7-6(5)3-8(10)11-7/h1-2,5-7H,3-4H2/t5-,6+,7-/m0/s1. The van der Waals surface area contributed by atoms with Crippen molar-refractivity contribution < 1.29 is 9.53 Å². The van der Waals surface area contributed by atoms with Crippen molar-refractivity contribution in [2.45, 2.75) is 12.5 Å². The highest BCUT2D eigenvalue weighted by Crippen LogP contribution is 2.36. The molecular weight excluding hydrogens is 255 g/mol. The molecule has 3 atom stereocenters. The Morgan fingerprint density at radius 2 is 2.45 bits per heavy atom. The quantitative estimate of drug-likeness (QED) is 0.311. The first-order valence-corrected chi connectivity index (χ1v) is 5.27. The van der Waals surface area contributed by atoms with Crippen molar-refractivity contribution in [2.24, 2.45) is 11.8 Å². The number of alkyl halides is 1. The molecule has 11 heavy (non-hydrogen) atoms. The zero-order chi connectivity index (χ0) is 7.84. The van der Waals surface area contributed by atoms with E-state index >= 15 is 0 Å². The molecule has 2 aliphatic rings. The molecule has 2 rings (SSSR count). The highest BCUT2D eigenvalue weighted by Gasteiger charge is 2.40. The Kier molecular flexibility index (Phi) is 1.91. The summed E-state index contributed by atoms with van der Waals surface area (Å²) in [7, 11) is 0. The van der Waals surface area contributed by atoms with Gasteiger partial charge >= 0.3 is 5.97 Å². The number of hydrogen-bond acceptors (Lipinski definition) is 2. The monoisotopic (exact) mass is 264 g/mol. The van der Waals surface area contributed by atoms with Crippen LogP contribution in [-0.4, -0.2) is 16.5 Å². The molecule has 1 aliphatic heterocycles. The Hall–Kier alpha value is -0.0600. The Bertz CT molecular complexity index is 212. The van der Waals surface area contributed by atoms with Crippen LogP contribution in [0.5, 0.6) is 0 Å². The number of esters is 1. The number of allylic oxidation sites excluding steroid dienone is 1. The van der Waals surface area contributed by atoms with Gasteiger partial charge in [0.25, 0.3) is 0 Å².